The zero-order chi connectivity index (χ0) is 21.3. The normalized spacial score (nSPS) is 11.1. The summed E-state index contributed by atoms with van der Waals surface area (Å²) >= 11 is 0. The second kappa shape index (κ2) is 25.5. The van der Waals surface area contributed by atoms with Crippen molar-refractivity contribution >= 4 is 5.97 Å². The van der Waals surface area contributed by atoms with Gasteiger partial charge in [0.15, 0.2) is 0 Å². The molecule has 29 heavy (non-hydrogen) atoms. The van der Waals surface area contributed by atoms with Gasteiger partial charge in [0.2, 0.25) is 0 Å². The molecule has 0 saturated carbocycles. The molecule has 0 aromatic carbocycles. The van der Waals surface area contributed by atoms with Crippen molar-refractivity contribution < 1.29 is 14.6 Å². The maximum absolute atomic E-state index is 11.7. The highest BCUT2D eigenvalue weighted by Gasteiger charge is 2.02. The Balaban J connectivity index is 3.13. The van der Waals surface area contributed by atoms with E-state index in [1.165, 1.54) is 116 Å². The van der Waals surface area contributed by atoms with Gasteiger partial charge in [-0.05, 0) is 19.3 Å². The van der Waals surface area contributed by atoms with Crippen LogP contribution in [0.4, 0.5) is 0 Å². The first-order chi connectivity index (χ1) is 14.3. The van der Waals surface area contributed by atoms with Gasteiger partial charge in [-0.3, -0.25) is 4.79 Å². The average molecular weight is 413 g/mol. The number of carbonyl (C=O) groups is 1. The number of aliphatic hydroxyl groups is 1. The fourth-order valence-electron chi connectivity index (χ4n) is 3.82. The molecule has 0 aromatic rings. The fraction of sp³-hybridized carbons (Fsp3) is 0.962. The van der Waals surface area contributed by atoms with Crippen LogP contribution in [-0.4, -0.2) is 24.3 Å². The second-order valence-corrected chi connectivity index (χ2v) is 8.77. The van der Waals surface area contributed by atoms with Crippen LogP contribution in [0, 0.1) is 0 Å². The summed E-state index contributed by atoms with van der Waals surface area (Å²) < 4.78 is 5.36. The fourth-order valence-corrected chi connectivity index (χ4v) is 3.82. The molecular weight excluding hydrogens is 360 g/mol. The lowest BCUT2D eigenvalue weighted by atomic mass is 10.1. The summed E-state index contributed by atoms with van der Waals surface area (Å²) in [5, 5.41) is 8.73. The molecule has 0 spiro atoms. The third-order valence-corrected chi connectivity index (χ3v) is 5.80. The maximum Gasteiger partial charge on any atom is 0.305 e. The van der Waals surface area contributed by atoms with Gasteiger partial charge in [0, 0.05) is 13.0 Å². The molecule has 0 radical (unpaired) electrons. The summed E-state index contributed by atoms with van der Waals surface area (Å²) in [7, 11) is 0. The first kappa shape index (κ1) is 28.4. The minimum absolute atomic E-state index is 0.00352. The van der Waals surface area contributed by atoms with E-state index in [1.54, 1.807) is 0 Å². The quantitative estimate of drug-likeness (QED) is 0.129. The van der Waals surface area contributed by atoms with Gasteiger partial charge in [-0.1, -0.05) is 122 Å². The molecule has 1 N–H and O–H groups in total. The van der Waals surface area contributed by atoms with Crippen molar-refractivity contribution in [1.82, 2.24) is 0 Å². The molecule has 0 amide bonds. The number of esters is 1. The smallest absolute Gasteiger partial charge is 0.305 e. The van der Waals surface area contributed by atoms with Crippen molar-refractivity contribution in [2.24, 2.45) is 0 Å². The Morgan fingerprint density at radius 3 is 1.38 bits per heavy atom. The van der Waals surface area contributed by atoms with E-state index in [0.29, 0.717) is 19.6 Å². The number of hydrogen-bond donors (Lipinski definition) is 1. The van der Waals surface area contributed by atoms with Crippen LogP contribution in [0.5, 0.6) is 0 Å². The first-order valence-electron chi connectivity index (χ1n) is 13.1. The van der Waals surface area contributed by atoms with Crippen LogP contribution >= 0.6 is 0 Å². The van der Waals surface area contributed by atoms with Gasteiger partial charge >= 0.3 is 5.97 Å². The minimum Gasteiger partial charge on any atom is -0.466 e. The van der Waals surface area contributed by atoms with Gasteiger partial charge < -0.3 is 9.84 Å². The van der Waals surface area contributed by atoms with Crippen molar-refractivity contribution in [2.75, 3.05) is 13.2 Å². The van der Waals surface area contributed by atoms with Crippen LogP contribution in [0.15, 0.2) is 0 Å². The summed E-state index contributed by atoms with van der Waals surface area (Å²) in [5.74, 6) is 0.00352. The Morgan fingerprint density at radius 1 is 0.552 bits per heavy atom. The predicted octanol–water partition coefficient (Wildman–Crippen LogP) is 8.12. The van der Waals surface area contributed by atoms with Crippen LogP contribution in [0.25, 0.3) is 0 Å². The molecule has 0 aliphatic carbocycles. The Kier molecular flexibility index (Phi) is 25.0. The molecule has 0 bridgehead atoms. The van der Waals surface area contributed by atoms with E-state index in [-0.39, 0.29) is 5.97 Å². The lowest BCUT2D eigenvalue weighted by Crippen LogP contribution is -2.05. The third kappa shape index (κ3) is 25.4. The molecule has 0 unspecified atom stereocenters. The summed E-state index contributed by atoms with van der Waals surface area (Å²) in [6.07, 6.45) is 27.1. The van der Waals surface area contributed by atoms with E-state index in [4.69, 9.17) is 9.84 Å². The highest BCUT2D eigenvalue weighted by atomic mass is 16.5. The van der Waals surface area contributed by atoms with E-state index >= 15 is 0 Å². The standard InChI is InChI=1S/C26H52O3/c1-2-3-4-5-6-7-8-11-14-17-20-23-26(28)29-25-22-19-16-13-10-9-12-15-18-21-24-27/h27H,2-25H2,1H3. The highest BCUT2D eigenvalue weighted by Crippen LogP contribution is 2.13. The van der Waals surface area contributed by atoms with E-state index < -0.39 is 0 Å². The van der Waals surface area contributed by atoms with E-state index in [0.717, 1.165) is 19.3 Å². The summed E-state index contributed by atoms with van der Waals surface area (Å²) in [4.78, 5) is 11.7. The molecule has 0 rings (SSSR count). The van der Waals surface area contributed by atoms with Crippen molar-refractivity contribution in [3.8, 4) is 0 Å². The molecule has 3 heteroatoms. The molecule has 0 aromatic heterocycles. The van der Waals surface area contributed by atoms with Crippen LogP contribution < -0.4 is 0 Å². The molecule has 0 aliphatic heterocycles. The molecule has 0 heterocycles. The molecular formula is C26H52O3. The molecule has 0 atom stereocenters. The zero-order valence-corrected chi connectivity index (χ0v) is 19.7. The number of aliphatic hydroxyl groups excluding tert-OH is 1. The Morgan fingerprint density at radius 2 is 0.931 bits per heavy atom. The zero-order valence-electron chi connectivity index (χ0n) is 19.7. The second-order valence-electron chi connectivity index (χ2n) is 8.77. The van der Waals surface area contributed by atoms with Crippen LogP contribution in [-0.2, 0) is 9.53 Å². The van der Waals surface area contributed by atoms with Gasteiger partial charge in [0.05, 0.1) is 6.61 Å². The summed E-state index contributed by atoms with van der Waals surface area (Å²) in [5.41, 5.74) is 0. The van der Waals surface area contributed by atoms with E-state index in [2.05, 4.69) is 6.92 Å². The molecule has 3 nitrogen and oxygen atoms in total. The number of hydrogen-bond acceptors (Lipinski definition) is 3. The molecule has 0 aliphatic rings. The number of ether oxygens (including phenoxy) is 1. The summed E-state index contributed by atoms with van der Waals surface area (Å²) in [6.45, 7) is 3.21. The number of rotatable bonds is 24. The predicted molar refractivity (Wildman–Crippen MR) is 125 cm³/mol. The van der Waals surface area contributed by atoms with Crippen molar-refractivity contribution in [2.45, 2.75) is 148 Å². The molecule has 174 valence electrons. The number of unbranched alkanes of at least 4 members (excludes halogenated alkanes) is 19. The molecule has 0 saturated heterocycles. The largest absolute Gasteiger partial charge is 0.466 e. The molecule has 0 fully saturated rings. The van der Waals surface area contributed by atoms with Crippen LogP contribution in [0.3, 0.4) is 0 Å². The Labute approximate surface area is 182 Å². The van der Waals surface area contributed by atoms with Crippen LogP contribution in [0.1, 0.15) is 148 Å². The monoisotopic (exact) mass is 412 g/mol. The van der Waals surface area contributed by atoms with Gasteiger partial charge in [-0.15, -0.1) is 0 Å². The SMILES string of the molecule is CCCCCCCCCCCCCC(=O)OCCCCCCCCCCCCO. The van der Waals surface area contributed by atoms with Gasteiger partial charge in [0.25, 0.3) is 0 Å². The van der Waals surface area contributed by atoms with Crippen molar-refractivity contribution in [3.63, 3.8) is 0 Å². The highest BCUT2D eigenvalue weighted by molar-refractivity contribution is 5.69. The third-order valence-electron chi connectivity index (χ3n) is 5.80. The van der Waals surface area contributed by atoms with Gasteiger partial charge in [-0.2, -0.15) is 0 Å². The lowest BCUT2D eigenvalue weighted by molar-refractivity contribution is -0.143. The average Bonchev–Trinajstić information content (AvgIpc) is 2.72. The van der Waals surface area contributed by atoms with E-state index in [9.17, 15) is 4.79 Å². The maximum atomic E-state index is 11.7. The Bertz CT molecular complexity index is 317. The first-order valence-corrected chi connectivity index (χ1v) is 13.1. The Hall–Kier alpha value is -0.570. The van der Waals surface area contributed by atoms with Gasteiger partial charge in [-0.25, -0.2) is 0 Å². The topological polar surface area (TPSA) is 46.5 Å². The van der Waals surface area contributed by atoms with Crippen molar-refractivity contribution in [3.05, 3.63) is 0 Å². The van der Waals surface area contributed by atoms with Gasteiger partial charge in [0.1, 0.15) is 0 Å². The summed E-state index contributed by atoms with van der Waals surface area (Å²) in [6, 6.07) is 0. The minimum atomic E-state index is 0.00352. The van der Waals surface area contributed by atoms with Crippen LogP contribution in [0.2, 0.25) is 0 Å². The van der Waals surface area contributed by atoms with Crippen molar-refractivity contribution in [1.29, 1.82) is 0 Å². The lowest BCUT2D eigenvalue weighted by Gasteiger charge is -2.06. The van der Waals surface area contributed by atoms with E-state index in [1.807, 2.05) is 0 Å². The number of carbonyl (C=O) groups excluding carboxylic acids is 1.